The van der Waals surface area contributed by atoms with Crippen LogP contribution in [0, 0.1) is 0 Å². The van der Waals surface area contributed by atoms with Gasteiger partial charge in [-0.05, 0) is 49.2 Å². The molecule has 1 amide bonds. The molecule has 1 aliphatic heterocycles. The van der Waals surface area contributed by atoms with Crippen LogP contribution in [0.15, 0.2) is 53.7 Å². The zero-order chi connectivity index (χ0) is 22.0. The molecule has 0 radical (unpaired) electrons. The summed E-state index contributed by atoms with van der Waals surface area (Å²) in [5, 5.41) is 2.97. The molecule has 0 saturated carbocycles. The number of ether oxygens (including phenoxy) is 3. The predicted octanol–water partition coefficient (Wildman–Crippen LogP) is 4.11. The smallest absolute Gasteiger partial charge is 0.225 e. The van der Waals surface area contributed by atoms with Gasteiger partial charge in [0.1, 0.15) is 17.2 Å². The van der Waals surface area contributed by atoms with Crippen LogP contribution in [0.4, 0.5) is 0 Å². The first kappa shape index (κ1) is 21.0. The number of ketones is 1. The summed E-state index contributed by atoms with van der Waals surface area (Å²) in [6, 6.07) is 13.3. The highest BCUT2D eigenvalue weighted by molar-refractivity contribution is 6.02. The largest absolute Gasteiger partial charge is 0.497 e. The van der Waals surface area contributed by atoms with Crippen molar-refractivity contribution in [2.75, 3.05) is 20.8 Å². The summed E-state index contributed by atoms with van der Waals surface area (Å²) >= 11 is 0. The lowest BCUT2D eigenvalue weighted by molar-refractivity contribution is -0.122. The maximum Gasteiger partial charge on any atom is 0.225 e. The minimum Gasteiger partial charge on any atom is -0.497 e. The minimum absolute atomic E-state index is 0.0583. The molecular weight excluding hydrogens is 394 g/mol. The molecule has 6 nitrogen and oxygen atoms in total. The Balaban J connectivity index is 1.71. The van der Waals surface area contributed by atoms with E-state index < -0.39 is 0 Å². The van der Waals surface area contributed by atoms with Crippen LogP contribution in [0.2, 0.25) is 0 Å². The predicted molar refractivity (Wildman–Crippen MR) is 117 cm³/mol. The van der Waals surface area contributed by atoms with E-state index >= 15 is 0 Å². The van der Waals surface area contributed by atoms with Crippen LogP contribution in [0.25, 0.3) is 0 Å². The number of methoxy groups -OCH3 is 2. The number of hydrogen-bond donors (Lipinski definition) is 1. The van der Waals surface area contributed by atoms with E-state index in [4.69, 9.17) is 14.2 Å². The summed E-state index contributed by atoms with van der Waals surface area (Å²) in [6.07, 6.45) is 1.19. The Morgan fingerprint density at radius 3 is 2.55 bits per heavy atom. The molecule has 0 saturated heterocycles. The van der Waals surface area contributed by atoms with Gasteiger partial charge in [-0.2, -0.15) is 0 Å². The van der Waals surface area contributed by atoms with Crippen LogP contribution in [-0.2, 0) is 9.59 Å². The molecule has 1 N–H and O–H groups in total. The summed E-state index contributed by atoms with van der Waals surface area (Å²) in [6.45, 7) is 2.49. The van der Waals surface area contributed by atoms with Gasteiger partial charge in [0, 0.05) is 41.5 Å². The van der Waals surface area contributed by atoms with E-state index in [2.05, 4.69) is 5.32 Å². The van der Waals surface area contributed by atoms with Crippen molar-refractivity contribution in [3.63, 3.8) is 0 Å². The molecule has 0 aromatic heterocycles. The second kappa shape index (κ2) is 8.84. The SMILES string of the molecule is CCOc1cccc([C@H]2CC(=O)NC3=C2C(=O)C[C@@H](c2cc(OC)ccc2OC)C3)c1. The van der Waals surface area contributed by atoms with Crippen LogP contribution < -0.4 is 19.5 Å². The zero-order valence-corrected chi connectivity index (χ0v) is 18.1. The number of carbonyl (C=O) groups is 2. The number of carbonyl (C=O) groups excluding carboxylic acids is 2. The number of amides is 1. The van der Waals surface area contributed by atoms with Crippen LogP contribution in [0.5, 0.6) is 17.2 Å². The van der Waals surface area contributed by atoms with Crippen molar-refractivity contribution in [2.24, 2.45) is 0 Å². The Bertz CT molecular complexity index is 1040. The third-order valence-corrected chi connectivity index (χ3v) is 5.98. The van der Waals surface area contributed by atoms with Gasteiger partial charge in [-0.3, -0.25) is 9.59 Å². The van der Waals surface area contributed by atoms with E-state index in [1.807, 2.05) is 49.4 Å². The second-order valence-electron chi connectivity index (χ2n) is 7.84. The quantitative estimate of drug-likeness (QED) is 0.760. The molecule has 1 heterocycles. The highest BCUT2D eigenvalue weighted by Gasteiger charge is 2.39. The molecule has 0 fully saturated rings. The van der Waals surface area contributed by atoms with E-state index in [1.54, 1.807) is 14.2 Å². The lowest BCUT2D eigenvalue weighted by Crippen LogP contribution is -2.38. The first-order valence-corrected chi connectivity index (χ1v) is 10.5. The standard InChI is InChI=1S/C25H27NO5/c1-4-31-18-7-5-6-15(10-18)20-14-24(28)26-21-11-16(12-22(27)25(20)21)19-13-17(29-2)8-9-23(19)30-3/h5-10,13,16,20H,4,11-12,14H2,1-3H3,(H,26,28)/t16-,20+/m0/s1. The number of nitrogens with one attached hydrogen (secondary N) is 1. The molecule has 1 aliphatic carbocycles. The Hall–Kier alpha value is -3.28. The van der Waals surface area contributed by atoms with Gasteiger partial charge in [0.05, 0.1) is 20.8 Å². The third kappa shape index (κ3) is 4.15. The molecule has 0 bridgehead atoms. The highest BCUT2D eigenvalue weighted by Crippen LogP contribution is 2.45. The molecular formula is C25H27NO5. The molecule has 2 aromatic carbocycles. The van der Waals surface area contributed by atoms with Crippen molar-refractivity contribution in [3.8, 4) is 17.2 Å². The Kier molecular flexibility index (Phi) is 5.98. The fourth-order valence-electron chi connectivity index (χ4n) is 4.61. The van der Waals surface area contributed by atoms with Gasteiger partial charge in [-0.1, -0.05) is 12.1 Å². The molecule has 0 spiro atoms. The van der Waals surface area contributed by atoms with E-state index in [1.165, 1.54) is 0 Å². The molecule has 31 heavy (non-hydrogen) atoms. The van der Waals surface area contributed by atoms with E-state index in [0.29, 0.717) is 42.2 Å². The number of benzene rings is 2. The monoisotopic (exact) mass is 421 g/mol. The first-order chi connectivity index (χ1) is 15.0. The minimum atomic E-state index is -0.259. The normalized spacial score (nSPS) is 20.7. The van der Waals surface area contributed by atoms with Crippen molar-refractivity contribution < 1.29 is 23.8 Å². The van der Waals surface area contributed by atoms with Crippen LogP contribution in [-0.4, -0.2) is 32.5 Å². The average molecular weight is 421 g/mol. The number of rotatable bonds is 6. The van der Waals surface area contributed by atoms with Gasteiger partial charge in [0.2, 0.25) is 5.91 Å². The molecule has 162 valence electrons. The summed E-state index contributed by atoms with van der Waals surface area (Å²) < 4.78 is 16.5. The molecule has 0 unspecified atom stereocenters. The maximum absolute atomic E-state index is 13.4. The van der Waals surface area contributed by atoms with Gasteiger partial charge >= 0.3 is 0 Å². The first-order valence-electron chi connectivity index (χ1n) is 10.5. The lowest BCUT2D eigenvalue weighted by atomic mass is 9.73. The lowest BCUT2D eigenvalue weighted by Gasteiger charge is -2.35. The summed E-state index contributed by atoms with van der Waals surface area (Å²) in [7, 11) is 3.23. The Morgan fingerprint density at radius 2 is 1.81 bits per heavy atom. The van der Waals surface area contributed by atoms with E-state index in [-0.39, 0.29) is 29.9 Å². The molecule has 2 aliphatic rings. The second-order valence-corrected chi connectivity index (χ2v) is 7.84. The molecule has 4 rings (SSSR count). The van der Waals surface area contributed by atoms with Crippen LogP contribution >= 0.6 is 0 Å². The summed E-state index contributed by atoms with van der Waals surface area (Å²) in [5.41, 5.74) is 3.27. The van der Waals surface area contributed by atoms with Crippen molar-refractivity contribution in [2.45, 2.75) is 38.0 Å². The summed E-state index contributed by atoms with van der Waals surface area (Å²) in [5.74, 6) is 1.80. The number of Topliss-reactive ketones (excluding diaryl/α,β-unsaturated/α-hetero) is 1. The molecule has 2 atom stereocenters. The Morgan fingerprint density at radius 1 is 0.968 bits per heavy atom. The maximum atomic E-state index is 13.4. The fraction of sp³-hybridized carbons (Fsp3) is 0.360. The van der Waals surface area contributed by atoms with Crippen molar-refractivity contribution in [1.82, 2.24) is 5.32 Å². The van der Waals surface area contributed by atoms with Gasteiger partial charge < -0.3 is 19.5 Å². The van der Waals surface area contributed by atoms with Gasteiger partial charge in [-0.25, -0.2) is 0 Å². The molecule has 2 aromatic rings. The number of hydrogen-bond acceptors (Lipinski definition) is 5. The van der Waals surface area contributed by atoms with Gasteiger partial charge in [-0.15, -0.1) is 0 Å². The van der Waals surface area contributed by atoms with Crippen molar-refractivity contribution in [3.05, 3.63) is 64.9 Å². The van der Waals surface area contributed by atoms with Gasteiger partial charge in [0.25, 0.3) is 0 Å². The summed E-state index contributed by atoms with van der Waals surface area (Å²) in [4.78, 5) is 25.9. The van der Waals surface area contributed by atoms with E-state index in [9.17, 15) is 9.59 Å². The fourth-order valence-corrected chi connectivity index (χ4v) is 4.61. The van der Waals surface area contributed by atoms with Crippen molar-refractivity contribution >= 4 is 11.7 Å². The Labute approximate surface area is 182 Å². The third-order valence-electron chi connectivity index (χ3n) is 5.98. The number of allylic oxidation sites excluding steroid dienone is 2. The molecule has 6 heteroatoms. The zero-order valence-electron chi connectivity index (χ0n) is 18.1. The topological polar surface area (TPSA) is 73.9 Å². The highest BCUT2D eigenvalue weighted by atomic mass is 16.5. The van der Waals surface area contributed by atoms with E-state index in [0.717, 1.165) is 16.9 Å². The van der Waals surface area contributed by atoms with Gasteiger partial charge in [0.15, 0.2) is 5.78 Å². The van der Waals surface area contributed by atoms with Crippen LogP contribution in [0.1, 0.15) is 49.1 Å². The average Bonchev–Trinajstić information content (AvgIpc) is 2.78. The van der Waals surface area contributed by atoms with Crippen LogP contribution in [0.3, 0.4) is 0 Å². The van der Waals surface area contributed by atoms with Crippen molar-refractivity contribution in [1.29, 1.82) is 0 Å².